The van der Waals surface area contributed by atoms with E-state index in [2.05, 4.69) is 10.1 Å². The number of nitrogens with zero attached hydrogens (tertiary/aromatic N) is 3. The fraction of sp³-hybridized carbons (Fsp3) is 0.562. The molecule has 1 amide bonds. The van der Waals surface area contributed by atoms with Crippen LogP contribution in [0.1, 0.15) is 60.6 Å². The third-order valence-electron chi connectivity index (χ3n) is 4.08. The molecule has 0 spiro atoms. The van der Waals surface area contributed by atoms with Crippen molar-refractivity contribution in [2.45, 2.75) is 45.4 Å². The van der Waals surface area contributed by atoms with E-state index in [1.54, 1.807) is 6.07 Å². The van der Waals surface area contributed by atoms with Gasteiger partial charge in [-0.05, 0) is 25.0 Å². The molecule has 22 heavy (non-hydrogen) atoms. The van der Waals surface area contributed by atoms with E-state index in [1.165, 1.54) is 0 Å². The first-order chi connectivity index (χ1) is 10.7. The van der Waals surface area contributed by atoms with E-state index in [0.717, 1.165) is 38.0 Å². The van der Waals surface area contributed by atoms with E-state index < -0.39 is 0 Å². The molecule has 0 radical (unpaired) electrons. The third-order valence-corrected chi connectivity index (χ3v) is 4.08. The van der Waals surface area contributed by atoms with Crippen molar-refractivity contribution in [1.29, 1.82) is 0 Å². The maximum absolute atomic E-state index is 12.5. The molecule has 6 heteroatoms. The summed E-state index contributed by atoms with van der Waals surface area (Å²) >= 11 is 0. The summed E-state index contributed by atoms with van der Waals surface area (Å²) in [6, 6.07) is 3.62. The van der Waals surface area contributed by atoms with Gasteiger partial charge in [-0.2, -0.15) is 4.98 Å². The first-order valence-corrected chi connectivity index (χ1v) is 7.91. The van der Waals surface area contributed by atoms with Crippen LogP contribution in [-0.2, 0) is 12.8 Å². The zero-order valence-electron chi connectivity index (χ0n) is 13.0. The maximum Gasteiger partial charge on any atom is 0.289 e. The van der Waals surface area contributed by atoms with Crippen LogP contribution in [0.25, 0.3) is 0 Å². The second-order valence-corrected chi connectivity index (χ2v) is 5.61. The van der Waals surface area contributed by atoms with Crippen LogP contribution in [0.4, 0.5) is 0 Å². The van der Waals surface area contributed by atoms with E-state index in [1.807, 2.05) is 24.8 Å². The summed E-state index contributed by atoms with van der Waals surface area (Å²) < 4.78 is 10.8. The van der Waals surface area contributed by atoms with Crippen LogP contribution in [0.3, 0.4) is 0 Å². The Labute approximate surface area is 129 Å². The number of hydrogen-bond acceptors (Lipinski definition) is 5. The predicted molar refractivity (Wildman–Crippen MR) is 79.6 cm³/mol. The highest BCUT2D eigenvalue weighted by atomic mass is 16.5. The van der Waals surface area contributed by atoms with Gasteiger partial charge in [0.05, 0.1) is 0 Å². The van der Waals surface area contributed by atoms with Crippen molar-refractivity contribution in [2.24, 2.45) is 0 Å². The van der Waals surface area contributed by atoms with E-state index in [-0.39, 0.29) is 11.8 Å². The molecule has 6 nitrogen and oxygen atoms in total. The molecule has 118 valence electrons. The molecule has 1 atom stereocenters. The number of piperidine rings is 1. The van der Waals surface area contributed by atoms with Gasteiger partial charge >= 0.3 is 0 Å². The normalized spacial score (nSPS) is 18.6. The Morgan fingerprint density at radius 2 is 2.23 bits per heavy atom. The molecule has 1 saturated heterocycles. The molecule has 3 heterocycles. The minimum Gasteiger partial charge on any atom is -0.456 e. The van der Waals surface area contributed by atoms with Crippen LogP contribution in [0.2, 0.25) is 0 Å². The van der Waals surface area contributed by atoms with E-state index in [4.69, 9.17) is 8.94 Å². The first-order valence-electron chi connectivity index (χ1n) is 7.91. The SMILES string of the molecule is CCc1ccc(C(=O)N2CCCC(c3noc(CC)n3)C2)o1. The van der Waals surface area contributed by atoms with Crippen molar-refractivity contribution in [1.82, 2.24) is 15.0 Å². The highest BCUT2D eigenvalue weighted by Gasteiger charge is 2.29. The monoisotopic (exact) mass is 303 g/mol. The van der Waals surface area contributed by atoms with Gasteiger partial charge in [-0.1, -0.05) is 19.0 Å². The number of amides is 1. The van der Waals surface area contributed by atoms with Gasteiger partial charge in [-0.15, -0.1) is 0 Å². The average molecular weight is 303 g/mol. The Hall–Kier alpha value is -2.11. The molecule has 1 aliphatic heterocycles. The molecule has 2 aromatic rings. The van der Waals surface area contributed by atoms with Gasteiger partial charge in [0.2, 0.25) is 5.89 Å². The molecule has 0 N–H and O–H groups in total. The summed E-state index contributed by atoms with van der Waals surface area (Å²) in [6.07, 6.45) is 3.44. The highest BCUT2D eigenvalue weighted by Crippen LogP contribution is 2.26. The summed E-state index contributed by atoms with van der Waals surface area (Å²) in [7, 11) is 0. The molecule has 2 aromatic heterocycles. The number of aryl methyl sites for hydroxylation is 2. The van der Waals surface area contributed by atoms with Gasteiger partial charge < -0.3 is 13.8 Å². The van der Waals surface area contributed by atoms with Crippen molar-refractivity contribution in [3.05, 3.63) is 35.4 Å². The number of likely N-dealkylation sites (tertiary alicyclic amines) is 1. The fourth-order valence-corrected chi connectivity index (χ4v) is 2.79. The van der Waals surface area contributed by atoms with Gasteiger partial charge in [-0.25, -0.2) is 0 Å². The summed E-state index contributed by atoms with van der Waals surface area (Å²) in [5.74, 6) is 2.70. The van der Waals surface area contributed by atoms with Crippen LogP contribution in [-0.4, -0.2) is 34.0 Å². The highest BCUT2D eigenvalue weighted by molar-refractivity contribution is 5.91. The van der Waals surface area contributed by atoms with Crippen LogP contribution in [0.15, 0.2) is 21.1 Å². The summed E-state index contributed by atoms with van der Waals surface area (Å²) in [5.41, 5.74) is 0. The number of rotatable bonds is 4. The second kappa shape index (κ2) is 6.34. The summed E-state index contributed by atoms with van der Waals surface area (Å²) in [5, 5.41) is 4.05. The molecule has 3 rings (SSSR count). The Balaban J connectivity index is 1.70. The van der Waals surface area contributed by atoms with Crippen LogP contribution in [0, 0.1) is 0 Å². The van der Waals surface area contributed by atoms with E-state index >= 15 is 0 Å². The zero-order valence-corrected chi connectivity index (χ0v) is 13.0. The Kier molecular flexibility index (Phi) is 4.27. The zero-order chi connectivity index (χ0) is 15.5. The van der Waals surface area contributed by atoms with Crippen molar-refractivity contribution >= 4 is 5.91 Å². The topological polar surface area (TPSA) is 72.4 Å². The van der Waals surface area contributed by atoms with Crippen LogP contribution < -0.4 is 0 Å². The molecule has 0 aromatic carbocycles. The molecule has 0 aliphatic carbocycles. The lowest BCUT2D eigenvalue weighted by Crippen LogP contribution is -2.39. The number of furan rings is 1. The molecule has 1 fully saturated rings. The van der Waals surface area contributed by atoms with E-state index in [9.17, 15) is 4.79 Å². The molecular weight excluding hydrogens is 282 g/mol. The molecule has 0 saturated carbocycles. The largest absolute Gasteiger partial charge is 0.456 e. The van der Waals surface area contributed by atoms with Gasteiger partial charge in [0.15, 0.2) is 11.6 Å². The first kappa shape index (κ1) is 14.8. The Morgan fingerprint density at radius 3 is 2.91 bits per heavy atom. The van der Waals surface area contributed by atoms with E-state index in [0.29, 0.717) is 24.0 Å². The quantitative estimate of drug-likeness (QED) is 0.868. The summed E-state index contributed by atoms with van der Waals surface area (Å²) in [6.45, 7) is 5.35. The summed E-state index contributed by atoms with van der Waals surface area (Å²) in [4.78, 5) is 18.8. The van der Waals surface area contributed by atoms with Gasteiger partial charge in [-0.3, -0.25) is 4.79 Å². The lowest BCUT2D eigenvalue weighted by atomic mass is 9.97. The number of aromatic nitrogens is 2. The Bertz CT molecular complexity index is 647. The minimum absolute atomic E-state index is 0.0522. The van der Waals surface area contributed by atoms with Crippen molar-refractivity contribution < 1.29 is 13.7 Å². The maximum atomic E-state index is 12.5. The number of hydrogen-bond donors (Lipinski definition) is 0. The van der Waals surface area contributed by atoms with Crippen LogP contribution >= 0.6 is 0 Å². The molecular formula is C16H21N3O3. The lowest BCUT2D eigenvalue weighted by molar-refractivity contribution is 0.0669. The van der Waals surface area contributed by atoms with Gasteiger partial charge in [0.25, 0.3) is 5.91 Å². The number of carbonyl (C=O) groups is 1. The van der Waals surface area contributed by atoms with Crippen molar-refractivity contribution in [3.63, 3.8) is 0 Å². The van der Waals surface area contributed by atoms with Gasteiger partial charge in [0.1, 0.15) is 5.76 Å². The molecule has 1 aliphatic rings. The average Bonchev–Trinajstić information content (AvgIpc) is 3.23. The second-order valence-electron chi connectivity index (χ2n) is 5.61. The number of carbonyl (C=O) groups excluding carboxylic acids is 1. The fourth-order valence-electron chi connectivity index (χ4n) is 2.79. The molecule has 1 unspecified atom stereocenters. The predicted octanol–water partition coefficient (Wildman–Crippen LogP) is 2.81. The standard InChI is InChI=1S/C16H21N3O3/c1-3-12-7-8-13(21-12)16(20)19-9-5-6-11(10-19)15-17-14(4-2)22-18-15/h7-8,11H,3-6,9-10H2,1-2H3. The van der Waals surface area contributed by atoms with Crippen LogP contribution in [0.5, 0.6) is 0 Å². The van der Waals surface area contributed by atoms with Gasteiger partial charge in [0, 0.05) is 31.8 Å². The van der Waals surface area contributed by atoms with Crippen molar-refractivity contribution in [3.8, 4) is 0 Å². The minimum atomic E-state index is -0.0522. The smallest absolute Gasteiger partial charge is 0.289 e. The Morgan fingerprint density at radius 1 is 1.36 bits per heavy atom. The molecule has 0 bridgehead atoms. The lowest BCUT2D eigenvalue weighted by Gasteiger charge is -2.30. The third kappa shape index (κ3) is 2.91. The van der Waals surface area contributed by atoms with Crippen molar-refractivity contribution in [2.75, 3.05) is 13.1 Å².